The largest absolute Gasteiger partial charge is 0.152 e. The van der Waals surface area contributed by atoms with Crippen LogP contribution in [0, 0.1) is 0 Å². The molecule has 7 rings (SSSR count). The highest BCUT2D eigenvalue weighted by Gasteiger charge is 2.18. The van der Waals surface area contributed by atoms with Gasteiger partial charge in [0.15, 0.2) is 0 Å². The molecule has 0 aliphatic heterocycles. The highest BCUT2D eigenvalue weighted by Crippen LogP contribution is 2.46. The molecule has 0 radical (unpaired) electrons. The number of benzene rings is 5. The van der Waals surface area contributed by atoms with Gasteiger partial charge in [-0.2, -0.15) is 22.7 Å². The second kappa shape index (κ2) is 7.03. The van der Waals surface area contributed by atoms with Gasteiger partial charge in [-0.05, 0) is 123 Å². The van der Waals surface area contributed by atoms with Crippen LogP contribution >= 0.6 is 22.7 Å². The van der Waals surface area contributed by atoms with Crippen molar-refractivity contribution < 1.29 is 0 Å². The zero-order chi connectivity index (χ0) is 21.1. The summed E-state index contributed by atoms with van der Waals surface area (Å²) in [5.74, 6) is 0. The van der Waals surface area contributed by atoms with Gasteiger partial charge >= 0.3 is 0 Å². The van der Waals surface area contributed by atoms with Crippen LogP contribution in [0.25, 0.3) is 65.3 Å². The fourth-order valence-corrected chi connectivity index (χ4v) is 6.33. The average molecular weight is 443 g/mol. The van der Waals surface area contributed by atoms with E-state index in [4.69, 9.17) is 0 Å². The molecule has 0 atom stereocenters. The lowest BCUT2D eigenvalue weighted by atomic mass is 9.85. The van der Waals surface area contributed by atoms with Crippen LogP contribution in [0.5, 0.6) is 0 Å². The van der Waals surface area contributed by atoms with Crippen molar-refractivity contribution in [3.8, 4) is 22.3 Å². The van der Waals surface area contributed by atoms with Gasteiger partial charge in [0.05, 0.1) is 0 Å². The molecule has 0 fully saturated rings. The van der Waals surface area contributed by atoms with Gasteiger partial charge in [-0.25, -0.2) is 0 Å². The summed E-state index contributed by atoms with van der Waals surface area (Å²) in [6, 6.07) is 31.5. The minimum atomic E-state index is 1.29. The number of rotatable bonds is 2. The molecule has 2 heteroatoms. The molecule has 0 unspecified atom stereocenters. The molecular weight excluding hydrogens is 424 g/mol. The Kier molecular flexibility index (Phi) is 3.98. The van der Waals surface area contributed by atoms with Crippen molar-refractivity contribution >= 4 is 65.8 Å². The Hall–Kier alpha value is -3.46. The minimum Gasteiger partial charge on any atom is -0.152 e. The third kappa shape index (κ3) is 2.67. The fourth-order valence-electron chi connectivity index (χ4n) is 5.03. The van der Waals surface area contributed by atoms with E-state index in [9.17, 15) is 0 Å². The highest BCUT2D eigenvalue weighted by atomic mass is 32.1. The van der Waals surface area contributed by atoms with Crippen LogP contribution in [0.4, 0.5) is 0 Å². The lowest BCUT2D eigenvalue weighted by Gasteiger charge is -2.18. The van der Waals surface area contributed by atoms with E-state index in [-0.39, 0.29) is 0 Å². The number of hydrogen-bond donors (Lipinski definition) is 0. The molecule has 0 aliphatic rings. The van der Waals surface area contributed by atoms with Gasteiger partial charge in [-0.1, -0.05) is 48.5 Å². The monoisotopic (exact) mass is 442 g/mol. The maximum absolute atomic E-state index is 2.39. The quantitative estimate of drug-likeness (QED) is 0.234. The van der Waals surface area contributed by atoms with Gasteiger partial charge in [-0.3, -0.25) is 0 Å². The summed E-state index contributed by atoms with van der Waals surface area (Å²) in [4.78, 5) is 0. The van der Waals surface area contributed by atoms with Crippen LogP contribution in [-0.2, 0) is 0 Å². The summed E-state index contributed by atoms with van der Waals surface area (Å²) in [6.45, 7) is 0. The fraction of sp³-hybridized carbons (Fsp3) is 0. The molecule has 2 heterocycles. The first-order chi connectivity index (χ1) is 15.9. The summed E-state index contributed by atoms with van der Waals surface area (Å²) in [5.41, 5.74) is 5.28. The van der Waals surface area contributed by atoms with Gasteiger partial charge in [0.1, 0.15) is 0 Å². The zero-order valence-electron chi connectivity index (χ0n) is 17.2. The Bertz CT molecular complexity index is 1530. The normalized spacial score (nSPS) is 11.8. The molecule has 5 aromatic carbocycles. The van der Waals surface area contributed by atoms with E-state index in [0.29, 0.717) is 0 Å². The van der Waals surface area contributed by atoms with Crippen molar-refractivity contribution in [3.05, 3.63) is 106 Å². The predicted octanol–water partition coefficient (Wildman–Crippen LogP) is 9.76. The summed E-state index contributed by atoms with van der Waals surface area (Å²) < 4.78 is 0. The molecule has 0 saturated carbocycles. The van der Waals surface area contributed by atoms with E-state index in [1.54, 1.807) is 22.7 Å². The van der Waals surface area contributed by atoms with Crippen LogP contribution in [0.3, 0.4) is 0 Å². The topological polar surface area (TPSA) is 0 Å². The highest BCUT2D eigenvalue weighted by molar-refractivity contribution is 7.08. The van der Waals surface area contributed by atoms with Gasteiger partial charge in [0, 0.05) is 0 Å². The molecule has 2 aromatic heterocycles. The van der Waals surface area contributed by atoms with Crippen molar-refractivity contribution in [3.63, 3.8) is 0 Å². The molecule has 0 spiro atoms. The van der Waals surface area contributed by atoms with Crippen LogP contribution < -0.4 is 0 Å². The van der Waals surface area contributed by atoms with Crippen molar-refractivity contribution in [2.45, 2.75) is 0 Å². The Morgan fingerprint density at radius 3 is 1.03 bits per heavy atom. The standard InChI is InChI=1S/C30H18S2/c1-2-6-20-14-26-25(13-19(20)5-1)29(23-9-11-31-17-23)27-15-21-7-3-4-8-22(21)16-28(27)30(26)24-10-12-32-18-24/h1-18H. The third-order valence-corrected chi connectivity index (χ3v) is 7.84. The second-order valence-electron chi connectivity index (χ2n) is 8.26. The molecule has 0 nitrogen and oxygen atoms in total. The lowest BCUT2D eigenvalue weighted by molar-refractivity contribution is 1.75. The molecule has 0 saturated heterocycles. The lowest BCUT2D eigenvalue weighted by Crippen LogP contribution is -1.90. The SMILES string of the molecule is c1ccc2cc3c(-c4ccsc4)c4cc5ccccc5cc4c(-c4ccsc4)c3cc2c1. The molecule has 0 aliphatic carbocycles. The first-order valence-electron chi connectivity index (χ1n) is 10.7. The van der Waals surface area contributed by atoms with Crippen LogP contribution in [0.2, 0.25) is 0 Å². The molecule has 7 aromatic rings. The Labute approximate surface area is 194 Å². The maximum Gasteiger partial charge on any atom is -0.00143 e. The summed E-state index contributed by atoms with van der Waals surface area (Å²) in [7, 11) is 0. The summed E-state index contributed by atoms with van der Waals surface area (Å²) in [5, 5.41) is 19.4. The van der Waals surface area contributed by atoms with Crippen LogP contribution in [0.1, 0.15) is 0 Å². The van der Waals surface area contributed by atoms with Crippen molar-refractivity contribution in [2.75, 3.05) is 0 Å². The number of thiophene rings is 2. The van der Waals surface area contributed by atoms with Crippen molar-refractivity contribution in [1.82, 2.24) is 0 Å². The zero-order valence-corrected chi connectivity index (χ0v) is 18.8. The summed E-state index contributed by atoms with van der Waals surface area (Å²) in [6.07, 6.45) is 0. The van der Waals surface area contributed by atoms with E-state index in [1.165, 1.54) is 65.3 Å². The van der Waals surface area contributed by atoms with Gasteiger partial charge in [-0.15, -0.1) is 0 Å². The minimum absolute atomic E-state index is 1.29. The molecule has 0 N–H and O–H groups in total. The van der Waals surface area contributed by atoms with E-state index < -0.39 is 0 Å². The molecular formula is C30H18S2. The predicted molar refractivity (Wildman–Crippen MR) is 143 cm³/mol. The Balaban J connectivity index is 1.80. The first-order valence-corrected chi connectivity index (χ1v) is 12.6. The van der Waals surface area contributed by atoms with Crippen molar-refractivity contribution in [2.24, 2.45) is 0 Å². The summed E-state index contributed by atoms with van der Waals surface area (Å²) >= 11 is 3.52. The average Bonchev–Trinajstić information content (AvgIpc) is 3.55. The number of fused-ring (bicyclic) bond motifs is 4. The third-order valence-electron chi connectivity index (χ3n) is 6.47. The Morgan fingerprint density at radius 1 is 0.406 bits per heavy atom. The molecule has 0 amide bonds. The first kappa shape index (κ1) is 18.1. The van der Waals surface area contributed by atoms with Crippen LogP contribution in [-0.4, -0.2) is 0 Å². The maximum atomic E-state index is 2.39. The molecule has 150 valence electrons. The molecule has 0 bridgehead atoms. The number of hydrogen-bond acceptors (Lipinski definition) is 2. The van der Waals surface area contributed by atoms with Crippen LogP contribution in [0.15, 0.2) is 106 Å². The van der Waals surface area contributed by atoms with Gasteiger partial charge in [0.2, 0.25) is 0 Å². The molecule has 32 heavy (non-hydrogen) atoms. The van der Waals surface area contributed by atoms with E-state index in [0.717, 1.165) is 0 Å². The second-order valence-corrected chi connectivity index (χ2v) is 9.82. The van der Waals surface area contributed by atoms with E-state index in [2.05, 4.69) is 106 Å². The van der Waals surface area contributed by atoms with Crippen molar-refractivity contribution in [1.29, 1.82) is 0 Å². The van der Waals surface area contributed by atoms with E-state index >= 15 is 0 Å². The van der Waals surface area contributed by atoms with Gasteiger partial charge in [0.25, 0.3) is 0 Å². The van der Waals surface area contributed by atoms with E-state index in [1.807, 2.05) is 0 Å². The van der Waals surface area contributed by atoms with Gasteiger partial charge < -0.3 is 0 Å². The Morgan fingerprint density at radius 2 is 0.750 bits per heavy atom. The smallest absolute Gasteiger partial charge is 0.00143 e.